The number of hydrogen-bond acceptors (Lipinski definition) is 5. The van der Waals surface area contributed by atoms with Crippen LogP contribution in [0, 0.1) is 6.92 Å². The van der Waals surface area contributed by atoms with Gasteiger partial charge in [-0.25, -0.2) is 4.98 Å². The first-order valence-corrected chi connectivity index (χ1v) is 8.40. The number of amides is 1. The third-order valence-electron chi connectivity index (χ3n) is 3.56. The van der Waals surface area contributed by atoms with Crippen LogP contribution in [0.1, 0.15) is 39.7 Å². The number of aromatic nitrogens is 1. The second-order valence-corrected chi connectivity index (χ2v) is 6.27. The van der Waals surface area contributed by atoms with E-state index in [-0.39, 0.29) is 12.5 Å². The van der Waals surface area contributed by atoms with Gasteiger partial charge in [0.1, 0.15) is 10.7 Å². The summed E-state index contributed by atoms with van der Waals surface area (Å²) in [5.74, 6) is -0.169. The maximum atomic E-state index is 12.5. The van der Waals surface area contributed by atoms with Gasteiger partial charge in [-0.3, -0.25) is 4.79 Å². The number of aliphatic hydroxyl groups excluding tert-OH is 1. The Labute approximate surface area is 140 Å². The minimum atomic E-state index is -0.711. The van der Waals surface area contributed by atoms with Gasteiger partial charge in [-0.1, -0.05) is 29.8 Å². The minimum absolute atomic E-state index is 0.169. The largest absolute Gasteiger partial charge is 0.387 e. The number of likely N-dealkylation sites (N-methyl/N-ethyl adjacent to an activating group) is 1. The van der Waals surface area contributed by atoms with E-state index in [1.807, 2.05) is 38.1 Å². The van der Waals surface area contributed by atoms with E-state index in [9.17, 15) is 9.90 Å². The molecule has 0 saturated heterocycles. The number of aliphatic hydroxyl groups is 1. The number of hydrogen-bond donors (Lipinski definition) is 1. The third kappa shape index (κ3) is 4.60. The number of nitrogens with zero attached hydrogens (tertiary/aromatic N) is 2. The zero-order valence-corrected chi connectivity index (χ0v) is 14.5. The van der Waals surface area contributed by atoms with E-state index in [0.717, 1.165) is 16.1 Å². The van der Waals surface area contributed by atoms with Crippen LogP contribution < -0.4 is 0 Å². The number of thiazole rings is 1. The highest BCUT2D eigenvalue weighted by molar-refractivity contribution is 7.09. The first kappa shape index (κ1) is 17.6. The molecule has 0 fully saturated rings. The molecular weight excluding hydrogens is 312 g/mol. The lowest BCUT2D eigenvalue weighted by Gasteiger charge is -2.23. The molecular formula is C17H22N2O3S. The van der Waals surface area contributed by atoms with Crippen molar-refractivity contribution in [2.75, 3.05) is 20.2 Å². The van der Waals surface area contributed by atoms with E-state index >= 15 is 0 Å². The molecule has 0 aliphatic heterocycles. The predicted octanol–water partition coefficient (Wildman–Crippen LogP) is 2.79. The molecule has 0 radical (unpaired) electrons. The van der Waals surface area contributed by atoms with Crippen molar-refractivity contribution < 1.29 is 14.6 Å². The fourth-order valence-electron chi connectivity index (χ4n) is 2.22. The molecule has 1 unspecified atom stereocenters. The molecule has 2 aromatic rings. The zero-order valence-electron chi connectivity index (χ0n) is 13.7. The summed E-state index contributed by atoms with van der Waals surface area (Å²) >= 11 is 1.40. The van der Waals surface area contributed by atoms with Crippen molar-refractivity contribution in [2.24, 2.45) is 0 Å². The van der Waals surface area contributed by atoms with Crippen LogP contribution in [0.4, 0.5) is 0 Å². The Morgan fingerprint density at radius 3 is 2.70 bits per heavy atom. The number of ether oxygens (including phenoxy) is 1. The number of carbonyl (C=O) groups excluding carboxylic acids is 1. The van der Waals surface area contributed by atoms with Crippen molar-refractivity contribution in [1.29, 1.82) is 0 Å². The van der Waals surface area contributed by atoms with Crippen LogP contribution in [0.2, 0.25) is 0 Å². The van der Waals surface area contributed by atoms with Crippen molar-refractivity contribution in [3.8, 4) is 0 Å². The topological polar surface area (TPSA) is 62.7 Å². The lowest BCUT2D eigenvalue weighted by Crippen LogP contribution is -2.34. The molecule has 1 aromatic carbocycles. The Morgan fingerprint density at radius 1 is 1.39 bits per heavy atom. The summed E-state index contributed by atoms with van der Waals surface area (Å²) < 4.78 is 5.02. The van der Waals surface area contributed by atoms with Gasteiger partial charge in [0, 0.05) is 19.0 Å². The maximum Gasteiger partial charge on any atom is 0.273 e. The van der Waals surface area contributed by atoms with Crippen LogP contribution in [0.5, 0.6) is 0 Å². The molecule has 1 heterocycles. The Kier molecular flexibility index (Phi) is 6.27. The molecule has 0 saturated carbocycles. The highest BCUT2D eigenvalue weighted by Gasteiger charge is 2.21. The minimum Gasteiger partial charge on any atom is -0.387 e. The molecule has 2 rings (SSSR count). The highest BCUT2D eigenvalue weighted by atomic mass is 32.1. The normalized spacial score (nSPS) is 12.2. The van der Waals surface area contributed by atoms with Gasteiger partial charge in [0.05, 0.1) is 19.3 Å². The van der Waals surface area contributed by atoms with Gasteiger partial charge in [-0.15, -0.1) is 11.3 Å². The summed E-state index contributed by atoms with van der Waals surface area (Å²) in [6.45, 7) is 5.05. The highest BCUT2D eigenvalue weighted by Crippen LogP contribution is 2.18. The molecule has 1 N–H and O–H groups in total. The van der Waals surface area contributed by atoms with E-state index < -0.39 is 6.10 Å². The molecule has 0 spiro atoms. The van der Waals surface area contributed by atoms with Gasteiger partial charge < -0.3 is 14.7 Å². The quantitative estimate of drug-likeness (QED) is 0.846. The SMILES string of the molecule is CCN(CC(O)c1ccc(C)cc1)C(=O)c1csc(COC)n1. The van der Waals surface area contributed by atoms with Crippen LogP contribution in [-0.2, 0) is 11.3 Å². The molecule has 1 aromatic heterocycles. The third-order valence-corrected chi connectivity index (χ3v) is 4.39. The molecule has 124 valence electrons. The number of aryl methyl sites for hydroxylation is 1. The van der Waals surface area contributed by atoms with Crippen molar-refractivity contribution >= 4 is 17.2 Å². The smallest absolute Gasteiger partial charge is 0.273 e. The van der Waals surface area contributed by atoms with Crippen LogP contribution in [0.15, 0.2) is 29.6 Å². The molecule has 1 atom stereocenters. The van der Waals surface area contributed by atoms with E-state index in [4.69, 9.17) is 4.74 Å². The molecule has 6 heteroatoms. The molecule has 1 amide bonds. The van der Waals surface area contributed by atoms with Crippen LogP contribution in [-0.4, -0.2) is 41.1 Å². The standard InChI is InChI=1S/C17H22N2O3S/c1-4-19(9-15(20)13-7-5-12(2)6-8-13)17(21)14-11-23-16(18-14)10-22-3/h5-8,11,15,20H,4,9-10H2,1-3H3. The predicted molar refractivity (Wildman–Crippen MR) is 90.5 cm³/mol. The Morgan fingerprint density at radius 2 is 2.09 bits per heavy atom. The van der Waals surface area contributed by atoms with E-state index in [2.05, 4.69) is 4.98 Å². The summed E-state index contributed by atoms with van der Waals surface area (Å²) in [4.78, 5) is 18.4. The van der Waals surface area contributed by atoms with Gasteiger partial charge in [-0.2, -0.15) is 0 Å². The average Bonchev–Trinajstić information content (AvgIpc) is 3.01. The van der Waals surface area contributed by atoms with Gasteiger partial charge in [0.2, 0.25) is 0 Å². The van der Waals surface area contributed by atoms with Crippen molar-refractivity contribution in [1.82, 2.24) is 9.88 Å². The maximum absolute atomic E-state index is 12.5. The summed E-state index contributed by atoms with van der Waals surface area (Å²) in [5, 5.41) is 12.9. The van der Waals surface area contributed by atoms with Gasteiger partial charge in [-0.05, 0) is 19.4 Å². The zero-order chi connectivity index (χ0) is 16.8. The summed E-state index contributed by atoms with van der Waals surface area (Å²) in [7, 11) is 1.60. The van der Waals surface area contributed by atoms with Crippen molar-refractivity contribution in [2.45, 2.75) is 26.6 Å². The molecule has 23 heavy (non-hydrogen) atoms. The fourth-order valence-corrected chi connectivity index (χ4v) is 2.96. The molecule has 0 aliphatic rings. The number of benzene rings is 1. The summed E-state index contributed by atoms with van der Waals surface area (Å²) in [6.07, 6.45) is -0.711. The average molecular weight is 334 g/mol. The van der Waals surface area contributed by atoms with E-state index in [1.165, 1.54) is 11.3 Å². The Hall–Kier alpha value is -1.76. The van der Waals surface area contributed by atoms with E-state index in [1.54, 1.807) is 17.4 Å². The van der Waals surface area contributed by atoms with Crippen LogP contribution >= 0.6 is 11.3 Å². The number of carbonyl (C=O) groups is 1. The van der Waals surface area contributed by atoms with Crippen LogP contribution in [0.3, 0.4) is 0 Å². The van der Waals surface area contributed by atoms with Crippen LogP contribution in [0.25, 0.3) is 0 Å². The number of methoxy groups -OCH3 is 1. The van der Waals surface area contributed by atoms with E-state index in [0.29, 0.717) is 18.8 Å². The van der Waals surface area contributed by atoms with Crippen molar-refractivity contribution in [3.63, 3.8) is 0 Å². The summed E-state index contributed by atoms with van der Waals surface area (Å²) in [5.41, 5.74) is 2.35. The molecule has 0 aliphatic carbocycles. The monoisotopic (exact) mass is 334 g/mol. The second kappa shape index (κ2) is 8.19. The first-order chi connectivity index (χ1) is 11.0. The van der Waals surface area contributed by atoms with Gasteiger partial charge in [0.15, 0.2) is 0 Å². The lowest BCUT2D eigenvalue weighted by atomic mass is 10.1. The Bertz CT molecular complexity index is 640. The summed E-state index contributed by atoms with van der Waals surface area (Å²) in [6, 6.07) is 7.68. The Balaban J connectivity index is 2.05. The first-order valence-electron chi connectivity index (χ1n) is 7.52. The second-order valence-electron chi connectivity index (χ2n) is 5.33. The molecule has 0 bridgehead atoms. The number of rotatable bonds is 7. The fraction of sp³-hybridized carbons (Fsp3) is 0.412. The van der Waals surface area contributed by atoms with Gasteiger partial charge in [0.25, 0.3) is 5.91 Å². The molecule has 5 nitrogen and oxygen atoms in total. The lowest BCUT2D eigenvalue weighted by molar-refractivity contribution is 0.0629. The van der Waals surface area contributed by atoms with Crippen molar-refractivity contribution in [3.05, 3.63) is 51.5 Å². The van der Waals surface area contributed by atoms with Gasteiger partial charge >= 0.3 is 0 Å².